The van der Waals surface area contributed by atoms with Crippen LogP contribution < -0.4 is 10.6 Å². The lowest BCUT2D eigenvalue weighted by atomic mass is 10.2. The van der Waals surface area contributed by atoms with Gasteiger partial charge < -0.3 is 15.5 Å². The Morgan fingerprint density at radius 1 is 1.41 bits per heavy atom. The van der Waals surface area contributed by atoms with Gasteiger partial charge in [0.25, 0.3) is 0 Å². The summed E-state index contributed by atoms with van der Waals surface area (Å²) in [5.41, 5.74) is 0. The highest BCUT2D eigenvalue weighted by Crippen LogP contribution is 2.12. The van der Waals surface area contributed by atoms with Gasteiger partial charge in [0.1, 0.15) is 0 Å². The number of nitrogens with zero attached hydrogens (tertiary/aromatic N) is 1. The third kappa shape index (κ3) is 2.97. The molecule has 0 spiro atoms. The van der Waals surface area contributed by atoms with Gasteiger partial charge in [-0.25, -0.2) is 0 Å². The van der Waals surface area contributed by atoms with Crippen LogP contribution in [0.1, 0.15) is 32.6 Å². The average Bonchev–Trinajstić information content (AvgIpc) is 2.98. The fourth-order valence-corrected chi connectivity index (χ4v) is 2.54. The Morgan fingerprint density at radius 3 is 2.88 bits per heavy atom. The van der Waals surface area contributed by atoms with Crippen molar-refractivity contribution >= 4 is 11.8 Å². The van der Waals surface area contributed by atoms with Crippen LogP contribution in [-0.4, -0.2) is 48.4 Å². The van der Waals surface area contributed by atoms with Crippen LogP contribution in [-0.2, 0) is 9.59 Å². The third-order valence-corrected chi connectivity index (χ3v) is 3.57. The van der Waals surface area contributed by atoms with E-state index in [0.717, 1.165) is 32.4 Å². The molecule has 2 N–H and O–H groups in total. The van der Waals surface area contributed by atoms with E-state index in [-0.39, 0.29) is 23.9 Å². The lowest BCUT2D eigenvalue weighted by molar-refractivity contribution is -0.130. The number of hydrogen-bond donors (Lipinski definition) is 2. The molecule has 0 radical (unpaired) electrons. The second kappa shape index (κ2) is 5.49. The molecule has 0 aromatic carbocycles. The minimum absolute atomic E-state index is 0.0223. The summed E-state index contributed by atoms with van der Waals surface area (Å²) < 4.78 is 0. The molecule has 2 aliphatic rings. The molecule has 2 saturated heterocycles. The SMILES string of the molecule is CCC(=O)N1CCC(NC(=O)C2CCCN2)C1. The van der Waals surface area contributed by atoms with E-state index in [1.807, 2.05) is 11.8 Å². The maximum atomic E-state index is 11.9. The number of carbonyl (C=O) groups excluding carboxylic acids is 2. The van der Waals surface area contributed by atoms with E-state index in [9.17, 15) is 9.59 Å². The smallest absolute Gasteiger partial charge is 0.237 e. The summed E-state index contributed by atoms with van der Waals surface area (Å²) in [5.74, 6) is 0.277. The molecule has 2 amide bonds. The standard InChI is InChI=1S/C12H21N3O2/c1-2-11(16)15-7-5-9(8-15)14-12(17)10-4-3-6-13-10/h9-10,13H,2-8H2,1H3,(H,14,17). The van der Waals surface area contributed by atoms with Gasteiger partial charge in [-0.3, -0.25) is 9.59 Å². The van der Waals surface area contributed by atoms with E-state index in [2.05, 4.69) is 10.6 Å². The quantitative estimate of drug-likeness (QED) is 0.721. The average molecular weight is 239 g/mol. The molecule has 5 heteroatoms. The predicted octanol–water partition coefficient (Wildman–Crippen LogP) is -0.134. The van der Waals surface area contributed by atoms with Gasteiger partial charge in [0.05, 0.1) is 6.04 Å². The van der Waals surface area contributed by atoms with Gasteiger partial charge in [-0.1, -0.05) is 6.92 Å². The summed E-state index contributed by atoms with van der Waals surface area (Å²) >= 11 is 0. The van der Waals surface area contributed by atoms with E-state index >= 15 is 0 Å². The van der Waals surface area contributed by atoms with Gasteiger partial charge in [-0.15, -0.1) is 0 Å². The molecule has 2 aliphatic heterocycles. The zero-order chi connectivity index (χ0) is 12.3. The highest BCUT2D eigenvalue weighted by atomic mass is 16.2. The van der Waals surface area contributed by atoms with Crippen molar-refractivity contribution in [1.82, 2.24) is 15.5 Å². The van der Waals surface area contributed by atoms with Crippen molar-refractivity contribution in [1.29, 1.82) is 0 Å². The van der Waals surface area contributed by atoms with Crippen molar-refractivity contribution in [2.75, 3.05) is 19.6 Å². The number of hydrogen-bond acceptors (Lipinski definition) is 3. The molecule has 2 atom stereocenters. The molecule has 2 rings (SSSR count). The summed E-state index contributed by atoms with van der Waals surface area (Å²) in [6, 6.07) is 0.117. The highest BCUT2D eigenvalue weighted by molar-refractivity contribution is 5.82. The first-order chi connectivity index (χ1) is 8.20. The molecule has 2 unspecified atom stereocenters. The first-order valence-electron chi connectivity index (χ1n) is 6.52. The van der Waals surface area contributed by atoms with Crippen LogP contribution in [0.5, 0.6) is 0 Å². The number of likely N-dealkylation sites (tertiary alicyclic amines) is 1. The molecule has 0 aliphatic carbocycles. The minimum atomic E-state index is -0.0223. The zero-order valence-corrected chi connectivity index (χ0v) is 10.4. The van der Waals surface area contributed by atoms with Crippen LogP contribution in [0.25, 0.3) is 0 Å². The van der Waals surface area contributed by atoms with Crippen molar-refractivity contribution in [3.8, 4) is 0 Å². The van der Waals surface area contributed by atoms with Gasteiger partial charge in [0.15, 0.2) is 0 Å². The maximum absolute atomic E-state index is 11.9. The number of rotatable bonds is 3. The van der Waals surface area contributed by atoms with Gasteiger partial charge in [-0.05, 0) is 25.8 Å². The van der Waals surface area contributed by atoms with Gasteiger partial charge >= 0.3 is 0 Å². The van der Waals surface area contributed by atoms with Crippen LogP contribution in [0.15, 0.2) is 0 Å². The molecule has 0 bridgehead atoms. The molecule has 0 saturated carbocycles. The van der Waals surface area contributed by atoms with Crippen molar-refractivity contribution in [2.45, 2.75) is 44.7 Å². The number of carbonyl (C=O) groups is 2. The van der Waals surface area contributed by atoms with E-state index in [0.29, 0.717) is 13.0 Å². The molecule has 96 valence electrons. The zero-order valence-electron chi connectivity index (χ0n) is 10.4. The first kappa shape index (κ1) is 12.4. The summed E-state index contributed by atoms with van der Waals surface area (Å²) in [6.45, 7) is 4.25. The molecular weight excluding hydrogens is 218 g/mol. The predicted molar refractivity (Wildman–Crippen MR) is 64.4 cm³/mol. The van der Waals surface area contributed by atoms with Crippen LogP contribution in [0.4, 0.5) is 0 Å². The van der Waals surface area contributed by atoms with Crippen LogP contribution in [0, 0.1) is 0 Å². The molecule has 5 nitrogen and oxygen atoms in total. The summed E-state index contributed by atoms with van der Waals surface area (Å²) in [4.78, 5) is 25.2. The monoisotopic (exact) mass is 239 g/mol. The normalized spacial score (nSPS) is 28.4. The molecule has 2 fully saturated rings. The highest BCUT2D eigenvalue weighted by Gasteiger charge is 2.29. The van der Waals surface area contributed by atoms with Crippen molar-refractivity contribution < 1.29 is 9.59 Å². The van der Waals surface area contributed by atoms with Gasteiger partial charge in [0, 0.05) is 25.6 Å². The lowest BCUT2D eigenvalue weighted by Gasteiger charge is -2.18. The van der Waals surface area contributed by atoms with E-state index in [1.54, 1.807) is 0 Å². The van der Waals surface area contributed by atoms with Gasteiger partial charge in [-0.2, -0.15) is 0 Å². The van der Waals surface area contributed by atoms with Crippen LogP contribution in [0.3, 0.4) is 0 Å². The van der Waals surface area contributed by atoms with Gasteiger partial charge in [0.2, 0.25) is 11.8 Å². The van der Waals surface area contributed by atoms with Crippen molar-refractivity contribution in [3.63, 3.8) is 0 Å². The molecule has 17 heavy (non-hydrogen) atoms. The second-order valence-corrected chi connectivity index (χ2v) is 4.84. The van der Waals surface area contributed by atoms with Crippen molar-refractivity contribution in [3.05, 3.63) is 0 Å². The minimum Gasteiger partial charge on any atom is -0.350 e. The van der Waals surface area contributed by atoms with E-state index < -0.39 is 0 Å². The summed E-state index contributed by atoms with van der Waals surface area (Å²) in [6.07, 6.45) is 3.43. The summed E-state index contributed by atoms with van der Waals surface area (Å²) in [5, 5.41) is 6.22. The fraction of sp³-hybridized carbons (Fsp3) is 0.833. The Kier molecular flexibility index (Phi) is 3.99. The Hall–Kier alpha value is -1.10. The molecule has 0 aromatic rings. The van der Waals surface area contributed by atoms with Crippen LogP contribution in [0.2, 0.25) is 0 Å². The molecule has 2 heterocycles. The first-order valence-corrected chi connectivity index (χ1v) is 6.52. The van der Waals surface area contributed by atoms with E-state index in [4.69, 9.17) is 0 Å². The molecular formula is C12H21N3O2. The van der Waals surface area contributed by atoms with E-state index in [1.165, 1.54) is 0 Å². The molecule has 0 aromatic heterocycles. The third-order valence-electron chi connectivity index (χ3n) is 3.57. The largest absolute Gasteiger partial charge is 0.350 e. The Balaban J connectivity index is 1.77. The fourth-order valence-electron chi connectivity index (χ4n) is 2.54. The van der Waals surface area contributed by atoms with Crippen molar-refractivity contribution in [2.24, 2.45) is 0 Å². The Labute approximate surface area is 102 Å². The van der Waals surface area contributed by atoms with Crippen LogP contribution >= 0.6 is 0 Å². The maximum Gasteiger partial charge on any atom is 0.237 e. The topological polar surface area (TPSA) is 61.4 Å². The summed E-state index contributed by atoms with van der Waals surface area (Å²) in [7, 11) is 0. The second-order valence-electron chi connectivity index (χ2n) is 4.84. The Morgan fingerprint density at radius 2 is 2.24 bits per heavy atom. The lowest BCUT2D eigenvalue weighted by Crippen LogP contribution is -2.46. The Bertz CT molecular complexity index is 300. The number of amides is 2. The number of nitrogens with one attached hydrogen (secondary N) is 2.